The lowest BCUT2D eigenvalue weighted by Crippen LogP contribution is -2.20. The van der Waals surface area contributed by atoms with Crippen molar-refractivity contribution in [3.05, 3.63) is 82.8 Å². The molecule has 0 aliphatic heterocycles. The highest BCUT2D eigenvalue weighted by Gasteiger charge is 2.23. The van der Waals surface area contributed by atoms with Crippen LogP contribution in [0.15, 0.2) is 82.2 Å². The number of carbonyl (C=O) groups excluding carboxylic acids is 1. The number of amides is 1. The summed E-state index contributed by atoms with van der Waals surface area (Å²) in [5, 5.41) is 2.71. The van der Waals surface area contributed by atoms with E-state index in [1.54, 1.807) is 54.6 Å². The molecule has 0 aromatic heterocycles. The van der Waals surface area contributed by atoms with Crippen molar-refractivity contribution < 1.29 is 17.9 Å². The summed E-state index contributed by atoms with van der Waals surface area (Å²) in [4.78, 5) is 12.6. The molecule has 3 aromatic carbocycles. The molecule has 3 aromatic rings. The van der Waals surface area contributed by atoms with Gasteiger partial charge in [-0.15, -0.1) is 0 Å². The number of benzene rings is 3. The van der Waals surface area contributed by atoms with Crippen molar-refractivity contribution in [2.24, 2.45) is 0 Å². The van der Waals surface area contributed by atoms with E-state index >= 15 is 0 Å². The van der Waals surface area contributed by atoms with Crippen molar-refractivity contribution in [3.63, 3.8) is 0 Å². The molecule has 0 aliphatic carbocycles. The lowest BCUT2D eigenvalue weighted by molar-refractivity contribution is 0.102. The summed E-state index contributed by atoms with van der Waals surface area (Å²) in [5.41, 5.74) is 0.955. The zero-order valence-electron chi connectivity index (χ0n) is 14.8. The van der Waals surface area contributed by atoms with Gasteiger partial charge in [-0.3, -0.25) is 9.52 Å². The number of anilines is 2. The maximum atomic E-state index is 12.9. The van der Waals surface area contributed by atoms with E-state index in [-0.39, 0.29) is 10.5 Å². The molecular formula is C20H17BrN2O4S. The number of carbonyl (C=O) groups is 1. The average Bonchev–Trinajstić information content (AvgIpc) is 2.69. The molecule has 6 nitrogen and oxygen atoms in total. The third kappa shape index (κ3) is 4.71. The van der Waals surface area contributed by atoms with Crippen molar-refractivity contribution in [1.29, 1.82) is 0 Å². The zero-order chi connectivity index (χ0) is 20.1. The van der Waals surface area contributed by atoms with E-state index < -0.39 is 15.9 Å². The standard InChI is InChI=1S/C20H17BrN2O4S/c1-27-17-10-8-16(9-11-17)23-28(25,26)19-12-7-14(21)13-18(19)20(24)22-15-5-3-2-4-6-15/h2-13,23H,1H3,(H,22,24). The molecule has 0 aliphatic rings. The van der Waals surface area contributed by atoms with Crippen molar-refractivity contribution in [3.8, 4) is 5.75 Å². The van der Waals surface area contributed by atoms with Gasteiger partial charge < -0.3 is 10.1 Å². The van der Waals surface area contributed by atoms with Gasteiger partial charge in [-0.25, -0.2) is 8.42 Å². The second-order valence-corrected chi connectivity index (χ2v) is 8.36. The molecule has 0 heterocycles. The Morgan fingerprint density at radius 2 is 1.61 bits per heavy atom. The maximum Gasteiger partial charge on any atom is 0.262 e. The minimum atomic E-state index is -3.99. The van der Waals surface area contributed by atoms with Gasteiger partial charge in [0, 0.05) is 15.8 Å². The van der Waals surface area contributed by atoms with Crippen LogP contribution in [-0.2, 0) is 10.0 Å². The largest absolute Gasteiger partial charge is 0.497 e. The molecule has 0 unspecified atom stereocenters. The van der Waals surface area contributed by atoms with E-state index in [9.17, 15) is 13.2 Å². The number of sulfonamides is 1. The molecule has 8 heteroatoms. The van der Waals surface area contributed by atoms with Crippen LogP contribution in [0.1, 0.15) is 10.4 Å². The van der Waals surface area contributed by atoms with Gasteiger partial charge in [0.2, 0.25) is 0 Å². The molecule has 0 fully saturated rings. The van der Waals surface area contributed by atoms with Crippen LogP contribution in [0.25, 0.3) is 0 Å². The van der Waals surface area contributed by atoms with Gasteiger partial charge in [-0.2, -0.15) is 0 Å². The van der Waals surface area contributed by atoms with Gasteiger partial charge in [0.15, 0.2) is 0 Å². The summed E-state index contributed by atoms with van der Waals surface area (Å²) in [5.74, 6) is 0.0807. The van der Waals surface area contributed by atoms with Crippen LogP contribution in [0.5, 0.6) is 5.75 Å². The van der Waals surface area contributed by atoms with Crippen LogP contribution in [0.3, 0.4) is 0 Å². The van der Waals surface area contributed by atoms with E-state index in [0.717, 1.165) is 0 Å². The van der Waals surface area contributed by atoms with Crippen LogP contribution < -0.4 is 14.8 Å². The van der Waals surface area contributed by atoms with E-state index in [1.807, 2.05) is 6.07 Å². The number of nitrogens with one attached hydrogen (secondary N) is 2. The molecule has 28 heavy (non-hydrogen) atoms. The first-order valence-electron chi connectivity index (χ1n) is 8.22. The Morgan fingerprint density at radius 3 is 2.25 bits per heavy atom. The smallest absolute Gasteiger partial charge is 0.262 e. The second-order valence-electron chi connectivity index (χ2n) is 5.79. The van der Waals surface area contributed by atoms with Crippen LogP contribution in [0.2, 0.25) is 0 Å². The molecule has 0 saturated heterocycles. The van der Waals surface area contributed by atoms with Crippen LogP contribution in [0.4, 0.5) is 11.4 Å². The van der Waals surface area contributed by atoms with Gasteiger partial charge in [0.1, 0.15) is 10.6 Å². The fourth-order valence-electron chi connectivity index (χ4n) is 2.50. The number of para-hydroxylation sites is 1. The van der Waals surface area contributed by atoms with E-state index in [4.69, 9.17) is 4.74 Å². The summed E-state index contributed by atoms with van der Waals surface area (Å²) in [6.07, 6.45) is 0. The topological polar surface area (TPSA) is 84.5 Å². The number of hydrogen-bond donors (Lipinski definition) is 2. The Labute approximate surface area is 171 Å². The quantitative estimate of drug-likeness (QED) is 0.566. The van der Waals surface area contributed by atoms with Gasteiger partial charge in [-0.1, -0.05) is 34.1 Å². The number of rotatable bonds is 6. The molecule has 2 N–H and O–H groups in total. The monoisotopic (exact) mass is 460 g/mol. The normalized spacial score (nSPS) is 10.9. The highest BCUT2D eigenvalue weighted by atomic mass is 79.9. The molecule has 0 radical (unpaired) electrons. The average molecular weight is 461 g/mol. The fourth-order valence-corrected chi connectivity index (χ4v) is 4.11. The first-order valence-corrected chi connectivity index (χ1v) is 10.5. The van der Waals surface area contributed by atoms with Gasteiger partial charge in [0.25, 0.3) is 15.9 Å². The minimum Gasteiger partial charge on any atom is -0.497 e. The lowest BCUT2D eigenvalue weighted by Gasteiger charge is -2.13. The maximum absolute atomic E-state index is 12.9. The number of halogens is 1. The molecule has 0 atom stereocenters. The zero-order valence-corrected chi connectivity index (χ0v) is 17.2. The summed E-state index contributed by atoms with van der Waals surface area (Å²) in [6, 6.07) is 19.7. The summed E-state index contributed by atoms with van der Waals surface area (Å²) < 4.78 is 34.0. The Morgan fingerprint density at radius 1 is 0.929 bits per heavy atom. The van der Waals surface area contributed by atoms with Gasteiger partial charge in [0.05, 0.1) is 12.7 Å². The molecule has 0 spiro atoms. The highest BCUT2D eigenvalue weighted by molar-refractivity contribution is 9.10. The van der Waals surface area contributed by atoms with Crippen molar-refractivity contribution in [2.75, 3.05) is 17.1 Å². The van der Waals surface area contributed by atoms with Crippen molar-refractivity contribution >= 4 is 43.2 Å². The van der Waals surface area contributed by atoms with E-state index in [1.165, 1.54) is 19.2 Å². The van der Waals surface area contributed by atoms with Crippen molar-refractivity contribution in [2.45, 2.75) is 4.90 Å². The molecular weight excluding hydrogens is 444 g/mol. The first-order chi connectivity index (χ1) is 13.4. The predicted octanol–water partition coefficient (Wildman–Crippen LogP) is 4.51. The molecule has 0 bridgehead atoms. The predicted molar refractivity (Wildman–Crippen MR) is 112 cm³/mol. The third-order valence-electron chi connectivity index (χ3n) is 3.85. The SMILES string of the molecule is COc1ccc(NS(=O)(=O)c2ccc(Br)cc2C(=O)Nc2ccccc2)cc1. The second kappa shape index (κ2) is 8.45. The lowest BCUT2D eigenvalue weighted by atomic mass is 10.2. The Hall–Kier alpha value is -2.84. The summed E-state index contributed by atoms with van der Waals surface area (Å²) in [7, 11) is -2.46. The van der Waals surface area contributed by atoms with Gasteiger partial charge in [-0.05, 0) is 54.6 Å². The summed E-state index contributed by atoms with van der Waals surface area (Å²) >= 11 is 3.29. The van der Waals surface area contributed by atoms with E-state index in [0.29, 0.717) is 21.6 Å². The first kappa shape index (κ1) is 19.9. The third-order valence-corrected chi connectivity index (χ3v) is 5.78. The van der Waals surface area contributed by atoms with Gasteiger partial charge >= 0.3 is 0 Å². The number of hydrogen-bond acceptors (Lipinski definition) is 4. The fraction of sp³-hybridized carbons (Fsp3) is 0.0500. The Balaban J connectivity index is 1.93. The summed E-state index contributed by atoms with van der Waals surface area (Å²) in [6.45, 7) is 0. The van der Waals surface area contributed by atoms with Crippen LogP contribution >= 0.6 is 15.9 Å². The van der Waals surface area contributed by atoms with Crippen molar-refractivity contribution in [1.82, 2.24) is 0 Å². The molecule has 0 saturated carbocycles. The highest BCUT2D eigenvalue weighted by Crippen LogP contribution is 2.25. The number of ether oxygens (including phenoxy) is 1. The van der Waals surface area contributed by atoms with E-state index in [2.05, 4.69) is 26.0 Å². The molecule has 3 rings (SSSR count). The Kier molecular flexibility index (Phi) is 6.01. The Bertz CT molecular complexity index is 1080. The van der Waals surface area contributed by atoms with Crippen LogP contribution in [0, 0.1) is 0 Å². The molecule has 144 valence electrons. The minimum absolute atomic E-state index is 0.0271. The molecule has 1 amide bonds. The van der Waals surface area contributed by atoms with Crippen LogP contribution in [-0.4, -0.2) is 21.4 Å². The number of methoxy groups -OCH3 is 1.